The van der Waals surface area contributed by atoms with E-state index in [-0.39, 0.29) is 6.79 Å². The van der Waals surface area contributed by atoms with E-state index in [0.717, 1.165) is 51.0 Å². The van der Waals surface area contributed by atoms with Crippen molar-refractivity contribution in [3.8, 4) is 22.8 Å². The quantitative estimate of drug-likeness (QED) is 0.463. The van der Waals surface area contributed by atoms with Crippen molar-refractivity contribution in [2.75, 3.05) is 12.5 Å². The molecule has 0 saturated heterocycles. The SMILES string of the molecule is Nc1ccc(C2=Nn3c(-c4ccncc4)cnc3Cc3cc4c(cc32)OCO4)cc1. The molecular weight excluding hydrogens is 378 g/mol. The van der Waals surface area contributed by atoms with Crippen LogP contribution in [0.2, 0.25) is 0 Å². The fourth-order valence-corrected chi connectivity index (χ4v) is 3.86. The molecule has 146 valence electrons. The molecule has 2 aliphatic heterocycles. The zero-order valence-electron chi connectivity index (χ0n) is 15.9. The van der Waals surface area contributed by atoms with E-state index in [0.29, 0.717) is 12.1 Å². The largest absolute Gasteiger partial charge is 0.454 e. The van der Waals surface area contributed by atoms with E-state index in [1.165, 1.54) is 0 Å². The Labute approximate surface area is 172 Å². The fraction of sp³-hybridized carbons (Fsp3) is 0.0870. The number of fused-ring (bicyclic) bond motifs is 3. The molecule has 0 saturated carbocycles. The average Bonchev–Trinajstić information content (AvgIpc) is 3.36. The van der Waals surface area contributed by atoms with Crippen molar-refractivity contribution >= 4 is 11.4 Å². The maximum Gasteiger partial charge on any atom is 0.231 e. The molecule has 2 aromatic carbocycles. The van der Waals surface area contributed by atoms with Crippen LogP contribution in [0.4, 0.5) is 5.69 Å². The van der Waals surface area contributed by atoms with E-state index >= 15 is 0 Å². The predicted molar refractivity (Wildman–Crippen MR) is 113 cm³/mol. The molecule has 7 nitrogen and oxygen atoms in total. The number of aromatic nitrogens is 3. The maximum atomic E-state index is 5.92. The minimum atomic E-state index is 0.230. The van der Waals surface area contributed by atoms with Gasteiger partial charge in [0.05, 0.1) is 17.6 Å². The molecule has 0 unspecified atom stereocenters. The molecular formula is C23H17N5O2. The summed E-state index contributed by atoms with van der Waals surface area (Å²) in [6.45, 7) is 0.230. The zero-order valence-corrected chi connectivity index (χ0v) is 15.9. The third-order valence-electron chi connectivity index (χ3n) is 5.37. The molecule has 0 bridgehead atoms. The van der Waals surface area contributed by atoms with Crippen molar-refractivity contribution in [2.24, 2.45) is 5.10 Å². The Hall–Kier alpha value is -4.13. The van der Waals surface area contributed by atoms with Crippen LogP contribution >= 0.6 is 0 Å². The number of hydrogen-bond donors (Lipinski definition) is 1. The van der Waals surface area contributed by atoms with E-state index in [9.17, 15) is 0 Å². The van der Waals surface area contributed by atoms with Gasteiger partial charge < -0.3 is 15.2 Å². The lowest BCUT2D eigenvalue weighted by Gasteiger charge is -2.11. The topological polar surface area (TPSA) is 87.6 Å². The highest BCUT2D eigenvalue weighted by Gasteiger charge is 2.25. The van der Waals surface area contributed by atoms with Crippen LogP contribution in [-0.2, 0) is 6.42 Å². The van der Waals surface area contributed by atoms with Crippen LogP contribution in [0.3, 0.4) is 0 Å². The normalized spacial score (nSPS) is 13.9. The third-order valence-corrected chi connectivity index (χ3v) is 5.37. The molecule has 0 amide bonds. The number of anilines is 1. The summed E-state index contributed by atoms with van der Waals surface area (Å²) < 4.78 is 13.2. The molecule has 0 spiro atoms. The summed E-state index contributed by atoms with van der Waals surface area (Å²) in [5, 5.41) is 5.06. The standard InChI is InChI=1S/C23H17N5O2/c24-17-3-1-15(2-4-17)23-18-11-21-20(29-13-30-21)9-16(18)10-22-26-12-19(28(22)27-23)14-5-7-25-8-6-14/h1-9,11-12H,10,13,24H2. The maximum absolute atomic E-state index is 5.92. The Balaban J connectivity index is 1.60. The second-order valence-corrected chi connectivity index (χ2v) is 7.22. The Morgan fingerprint density at radius 2 is 1.67 bits per heavy atom. The summed E-state index contributed by atoms with van der Waals surface area (Å²) in [5.41, 5.74) is 12.4. The number of nitrogens with two attached hydrogens (primary N) is 1. The van der Waals surface area contributed by atoms with E-state index in [1.807, 2.05) is 59.4 Å². The number of benzene rings is 2. The molecule has 30 heavy (non-hydrogen) atoms. The van der Waals surface area contributed by atoms with Gasteiger partial charge in [0.1, 0.15) is 5.82 Å². The molecule has 0 atom stereocenters. The van der Waals surface area contributed by atoms with Crippen molar-refractivity contribution in [2.45, 2.75) is 6.42 Å². The summed E-state index contributed by atoms with van der Waals surface area (Å²) in [6.07, 6.45) is 6.01. The van der Waals surface area contributed by atoms with Crippen LogP contribution in [0, 0.1) is 0 Å². The Kier molecular flexibility index (Phi) is 3.61. The van der Waals surface area contributed by atoms with E-state index in [1.54, 1.807) is 12.4 Å². The molecule has 0 radical (unpaired) electrons. The summed E-state index contributed by atoms with van der Waals surface area (Å²) >= 11 is 0. The molecule has 4 aromatic rings. The number of ether oxygens (including phenoxy) is 2. The highest BCUT2D eigenvalue weighted by molar-refractivity contribution is 6.14. The van der Waals surface area contributed by atoms with Crippen LogP contribution in [0.25, 0.3) is 11.3 Å². The van der Waals surface area contributed by atoms with Gasteiger partial charge in [0.15, 0.2) is 11.5 Å². The van der Waals surface area contributed by atoms with E-state index in [2.05, 4.69) is 9.97 Å². The summed E-state index contributed by atoms with van der Waals surface area (Å²) in [6, 6.07) is 15.7. The first-order valence-electron chi connectivity index (χ1n) is 9.61. The van der Waals surface area contributed by atoms with E-state index in [4.69, 9.17) is 20.3 Å². The first-order chi connectivity index (χ1) is 14.8. The summed E-state index contributed by atoms with van der Waals surface area (Å²) in [4.78, 5) is 8.79. The number of imidazole rings is 1. The molecule has 6 rings (SSSR count). The van der Waals surface area contributed by atoms with Gasteiger partial charge in [0.2, 0.25) is 6.79 Å². The number of rotatable bonds is 2. The fourth-order valence-electron chi connectivity index (χ4n) is 3.86. The minimum Gasteiger partial charge on any atom is -0.454 e. The van der Waals surface area contributed by atoms with Gasteiger partial charge in [-0.1, -0.05) is 12.1 Å². The molecule has 0 aliphatic carbocycles. The number of pyridine rings is 1. The van der Waals surface area contributed by atoms with Crippen molar-refractivity contribution in [3.63, 3.8) is 0 Å². The van der Waals surface area contributed by atoms with Crippen LogP contribution in [0.5, 0.6) is 11.5 Å². The summed E-state index contributed by atoms with van der Waals surface area (Å²) in [5.74, 6) is 2.33. The lowest BCUT2D eigenvalue weighted by molar-refractivity contribution is 0.174. The Morgan fingerprint density at radius 3 is 2.47 bits per heavy atom. The third kappa shape index (κ3) is 2.63. The van der Waals surface area contributed by atoms with Gasteiger partial charge >= 0.3 is 0 Å². The van der Waals surface area contributed by atoms with Crippen LogP contribution in [-0.4, -0.2) is 27.1 Å². The van der Waals surface area contributed by atoms with Crippen molar-refractivity contribution in [1.82, 2.24) is 14.6 Å². The van der Waals surface area contributed by atoms with Gasteiger partial charge in [-0.3, -0.25) is 4.98 Å². The van der Waals surface area contributed by atoms with Crippen LogP contribution in [0.1, 0.15) is 22.5 Å². The highest BCUT2D eigenvalue weighted by atomic mass is 16.7. The number of nitrogen functional groups attached to an aromatic ring is 1. The van der Waals surface area contributed by atoms with Gasteiger partial charge in [-0.25, -0.2) is 9.66 Å². The lowest BCUT2D eigenvalue weighted by atomic mass is 9.95. The van der Waals surface area contributed by atoms with Gasteiger partial charge in [0, 0.05) is 41.2 Å². The molecule has 2 N–H and O–H groups in total. The van der Waals surface area contributed by atoms with Crippen LogP contribution < -0.4 is 15.2 Å². The van der Waals surface area contributed by atoms with Crippen LogP contribution in [0.15, 0.2) is 72.2 Å². The molecule has 2 aliphatic rings. The molecule has 0 fully saturated rings. The Bertz CT molecular complexity index is 1290. The molecule has 7 heteroatoms. The molecule has 2 aromatic heterocycles. The predicted octanol–water partition coefficient (Wildman–Crippen LogP) is 3.46. The molecule has 4 heterocycles. The first-order valence-corrected chi connectivity index (χ1v) is 9.61. The summed E-state index contributed by atoms with van der Waals surface area (Å²) in [7, 11) is 0. The van der Waals surface area contributed by atoms with Crippen molar-refractivity contribution in [3.05, 3.63) is 89.6 Å². The van der Waals surface area contributed by atoms with Gasteiger partial charge in [0.25, 0.3) is 0 Å². The van der Waals surface area contributed by atoms with Gasteiger partial charge in [-0.05, 0) is 42.0 Å². The zero-order chi connectivity index (χ0) is 20.1. The average molecular weight is 395 g/mol. The Morgan fingerprint density at radius 1 is 0.900 bits per heavy atom. The second kappa shape index (κ2) is 6.45. The highest BCUT2D eigenvalue weighted by Crippen LogP contribution is 2.38. The lowest BCUT2D eigenvalue weighted by Crippen LogP contribution is -2.07. The van der Waals surface area contributed by atoms with Crippen molar-refractivity contribution in [1.29, 1.82) is 0 Å². The van der Waals surface area contributed by atoms with E-state index < -0.39 is 0 Å². The van der Waals surface area contributed by atoms with Crippen molar-refractivity contribution < 1.29 is 9.47 Å². The number of hydrogen-bond acceptors (Lipinski definition) is 6. The van der Waals surface area contributed by atoms with Gasteiger partial charge in [-0.15, -0.1) is 0 Å². The first kappa shape index (κ1) is 16.8. The van der Waals surface area contributed by atoms with Gasteiger partial charge in [-0.2, -0.15) is 5.10 Å². The monoisotopic (exact) mass is 395 g/mol. The minimum absolute atomic E-state index is 0.230. The second-order valence-electron chi connectivity index (χ2n) is 7.22. The number of nitrogens with zero attached hydrogens (tertiary/aromatic N) is 4. The smallest absolute Gasteiger partial charge is 0.231 e.